The first kappa shape index (κ1) is 17.3. The highest BCUT2D eigenvalue weighted by Crippen LogP contribution is 2.26. The van der Waals surface area contributed by atoms with Crippen molar-refractivity contribution in [1.29, 1.82) is 0 Å². The Morgan fingerprint density at radius 1 is 1.20 bits per heavy atom. The number of cyclic esters (lactones) is 1. The van der Waals surface area contributed by atoms with Crippen LogP contribution >= 0.6 is 11.6 Å². The maximum atomic E-state index is 12.0. The molecule has 2 N–H and O–H groups in total. The standard InChI is InChI=1S/C19H19ClN2O3/c20-16-10-15(22-18(23)8-14-9-19(24)25-12-14)6-7-17(16)21-11-13-4-2-1-3-5-13/h1-7,10,14,21H,8-9,11-12H2,(H,22,23)/t14-/m0/s1. The van der Waals surface area contributed by atoms with E-state index in [1.165, 1.54) is 0 Å². The maximum absolute atomic E-state index is 12.0. The van der Waals surface area contributed by atoms with E-state index in [4.69, 9.17) is 16.3 Å². The Morgan fingerprint density at radius 2 is 2.00 bits per heavy atom. The zero-order valence-corrected chi connectivity index (χ0v) is 14.4. The van der Waals surface area contributed by atoms with Gasteiger partial charge in [-0.15, -0.1) is 0 Å². The van der Waals surface area contributed by atoms with Crippen molar-refractivity contribution >= 4 is 34.9 Å². The summed E-state index contributed by atoms with van der Waals surface area (Å²) < 4.78 is 4.87. The fraction of sp³-hybridized carbons (Fsp3) is 0.263. The lowest BCUT2D eigenvalue weighted by atomic mass is 10.0. The van der Waals surface area contributed by atoms with Crippen LogP contribution in [0.2, 0.25) is 5.02 Å². The predicted octanol–water partition coefficient (Wildman–Crippen LogP) is 3.84. The summed E-state index contributed by atoms with van der Waals surface area (Å²) in [7, 11) is 0. The first-order valence-corrected chi connectivity index (χ1v) is 8.51. The second-order valence-electron chi connectivity index (χ2n) is 6.04. The van der Waals surface area contributed by atoms with Crippen molar-refractivity contribution in [3.63, 3.8) is 0 Å². The Hall–Kier alpha value is -2.53. The number of hydrogen-bond acceptors (Lipinski definition) is 4. The average Bonchev–Trinajstić information content (AvgIpc) is 2.99. The molecule has 1 heterocycles. The van der Waals surface area contributed by atoms with E-state index in [0.29, 0.717) is 30.3 Å². The van der Waals surface area contributed by atoms with Gasteiger partial charge in [-0.1, -0.05) is 41.9 Å². The normalized spacial score (nSPS) is 16.4. The van der Waals surface area contributed by atoms with Crippen LogP contribution < -0.4 is 10.6 Å². The number of hydrogen-bond donors (Lipinski definition) is 2. The minimum Gasteiger partial charge on any atom is -0.465 e. The average molecular weight is 359 g/mol. The van der Waals surface area contributed by atoms with E-state index in [1.54, 1.807) is 12.1 Å². The summed E-state index contributed by atoms with van der Waals surface area (Å²) in [5.74, 6) is -0.436. The molecule has 25 heavy (non-hydrogen) atoms. The molecular weight excluding hydrogens is 340 g/mol. The molecule has 2 aromatic rings. The van der Waals surface area contributed by atoms with Gasteiger partial charge in [-0.05, 0) is 23.8 Å². The Morgan fingerprint density at radius 3 is 2.68 bits per heavy atom. The summed E-state index contributed by atoms with van der Waals surface area (Å²) in [6.45, 7) is 0.983. The van der Waals surface area contributed by atoms with Crippen LogP contribution in [0.25, 0.3) is 0 Å². The van der Waals surface area contributed by atoms with Crippen molar-refractivity contribution in [2.75, 3.05) is 17.2 Å². The van der Waals surface area contributed by atoms with Crippen LogP contribution in [0.4, 0.5) is 11.4 Å². The fourth-order valence-corrected chi connectivity index (χ4v) is 2.95. The quantitative estimate of drug-likeness (QED) is 0.770. The highest BCUT2D eigenvalue weighted by Gasteiger charge is 2.25. The number of nitrogens with one attached hydrogen (secondary N) is 2. The molecule has 0 radical (unpaired) electrons. The van der Waals surface area contributed by atoms with Gasteiger partial charge in [0.1, 0.15) is 0 Å². The highest BCUT2D eigenvalue weighted by atomic mass is 35.5. The number of carbonyl (C=O) groups is 2. The third-order valence-electron chi connectivity index (χ3n) is 3.99. The summed E-state index contributed by atoms with van der Waals surface area (Å²) in [5, 5.41) is 6.62. The Bertz CT molecular complexity index is 765. The molecule has 1 amide bonds. The lowest BCUT2D eigenvalue weighted by Crippen LogP contribution is -2.16. The van der Waals surface area contributed by atoms with Crippen molar-refractivity contribution in [1.82, 2.24) is 0 Å². The number of anilines is 2. The smallest absolute Gasteiger partial charge is 0.306 e. The van der Waals surface area contributed by atoms with Crippen molar-refractivity contribution in [2.24, 2.45) is 5.92 Å². The highest BCUT2D eigenvalue weighted by molar-refractivity contribution is 6.33. The SMILES string of the molecule is O=C(C[C@@H]1COC(=O)C1)Nc1ccc(NCc2ccccc2)c(Cl)c1. The van der Waals surface area contributed by atoms with Crippen LogP contribution in [-0.2, 0) is 20.9 Å². The zero-order chi connectivity index (χ0) is 17.6. The molecule has 130 valence electrons. The number of halogens is 1. The molecule has 0 saturated carbocycles. The lowest BCUT2D eigenvalue weighted by molar-refractivity contribution is -0.138. The van der Waals surface area contributed by atoms with Crippen LogP contribution in [0.3, 0.4) is 0 Å². The number of esters is 1. The van der Waals surface area contributed by atoms with Gasteiger partial charge in [0.05, 0.1) is 23.7 Å². The number of benzene rings is 2. The molecule has 1 aliphatic heterocycles. The molecule has 1 aliphatic rings. The van der Waals surface area contributed by atoms with Gasteiger partial charge in [0.15, 0.2) is 0 Å². The predicted molar refractivity (Wildman–Crippen MR) is 97.5 cm³/mol. The van der Waals surface area contributed by atoms with E-state index in [-0.39, 0.29) is 24.2 Å². The fourth-order valence-electron chi connectivity index (χ4n) is 2.70. The molecule has 0 unspecified atom stereocenters. The molecule has 1 atom stereocenters. The van der Waals surface area contributed by atoms with Crippen molar-refractivity contribution in [3.8, 4) is 0 Å². The van der Waals surface area contributed by atoms with E-state index >= 15 is 0 Å². The van der Waals surface area contributed by atoms with E-state index in [1.807, 2.05) is 36.4 Å². The third kappa shape index (κ3) is 4.97. The van der Waals surface area contributed by atoms with Crippen LogP contribution in [0.1, 0.15) is 18.4 Å². The van der Waals surface area contributed by atoms with Crippen molar-refractivity contribution in [2.45, 2.75) is 19.4 Å². The van der Waals surface area contributed by atoms with Gasteiger partial charge in [0.2, 0.25) is 5.91 Å². The molecule has 0 spiro atoms. The Balaban J connectivity index is 1.54. The van der Waals surface area contributed by atoms with Crippen LogP contribution in [0.15, 0.2) is 48.5 Å². The molecule has 1 saturated heterocycles. The van der Waals surface area contributed by atoms with E-state index in [9.17, 15) is 9.59 Å². The second kappa shape index (κ2) is 8.03. The molecule has 0 aliphatic carbocycles. The molecule has 2 aromatic carbocycles. The third-order valence-corrected chi connectivity index (χ3v) is 4.30. The van der Waals surface area contributed by atoms with Crippen LogP contribution in [0.5, 0.6) is 0 Å². The summed E-state index contributed by atoms with van der Waals surface area (Å²) in [4.78, 5) is 23.1. The maximum Gasteiger partial charge on any atom is 0.306 e. The Kier molecular flexibility index (Phi) is 5.56. The van der Waals surface area contributed by atoms with Gasteiger partial charge in [0.25, 0.3) is 0 Å². The molecule has 5 nitrogen and oxygen atoms in total. The zero-order valence-electron chi connectivity index (χ0n) is 13.6. The molecule has 0 aromatic heterocycles. The lowest BCUT2D eigenvalue weighted by Gasteiger charge is -2.12. The summed E-state index contributed by atoms with van der Waals surface area (Å²) in [6.07, 6.45) is 0.563. The molecule has 0 bridgehead atoms. The monoisotopic (exact) mass is 358 g/mol. The minimum absolute atomic E-state index is 0.0465. The van der Waals surface area contributed by atoms with E-state index in [0.717, 1.165) is 11.3 Å². The number of rotatable bonds is 6. The van der Waals surface area contributed by atoms with Gasteiger partial charge >= 0.3 is 5.97 Å². The van der Waals surface area contributed by atoms with Gasteiger partial charge in [-0.2, -0.15) is 0 Å². The van der Waals surface area contributed by atoms with Crippen molar-refractivity contribution in [3.05, 3.63) is 59.1 Å². The van der Waals surface area contributed by atoms with Crippen molar-refractivity contribution < 1.29 is 14.3 Å². The molecule has 3 rings (SSSR count). The largest absolute Gasteiger partial charge is 0.465 e. The first-order valence-electron chi connectivity index (χ1n) is 8.13. The minimum atomic E-state index is -0.241. The number of amides is 1. The Labute approximate surface area is 151 Å². The van der Waals surface area contributed by atoms with E-state index in [2.05, 4.69) is 10.6 Å². The molecule has 1 fully saturated rings. The van der Waals surface area contributed by atoms with Gasteiger partial charge < -0.3 is 15.4 Å². The molecular formula is C19H19ClN2O3. The summed E-state index contributed by atoms with van der Waals surface area (Å²) in [5.41, 5.74) is 2.59. The van der Waals surface area contributed by atoms with Crippen LogP contribution in [-0.4, -0.2) is 18.5 Å². The first-order chi connectivity index (χ1) is 12.1. The van der Waals surface area contributed by atoms with Gasteiger partial charge in [-0.3, -0.25) is 9.59 Å². The topological polar surface area (TPSA) is 67.4 Å². The number of ether oxygens (including phenoxy) is 1. The van der Waals surface area contributed by atoms with E-state index < -0.39 is 0 Å². The van der Waals surface area contributed by atoms with Crippen LogP contribution in [0, 0.1) is 5.92 Å². The summed E-state index contributed by atoms with van der Waals surface area (Å²) in [6, 6.07) is 15.4. The van der Waals surface area contributed by atoms with Gasteiger partial charge in [-0.25, -0.2) is 0 Å². The van der Waals surface area contributed by atoms with Gasteiger partial charge in [0, 0.05) is 24.6 Å². The molecule has 6 heteroatoms. The number of carbonyl (C=O) groups excluding carboxylic acids is 2. The summed E-state index contributed by atoms with van der Waals surface area (Å²) >= 11 is 6.29. The second-order valence-corrected chi connectivity index (χ2v) is 6.45.